The first-order valence-corrected chi connectivity index (χ1v) is 13.5. The largest absolute Gasteiger partial charge is 0.486 e. The van der Waals surface area contributed by atoms with E-state index >= 15 is 0 Å². The standard InChI is InChI=1S/C36H26N2O/c1-5-13-33-29(9-1)30-10-2-6-14-34(30)37(33)25-17-21-27(22-18-25)39-28-23-19-26(20-24-28)38-35-15-7-3-11-31(35)32-12-4-8-16-36(32)38/h1-23,28H,24H2. The summed E-state index contributed by atoms with van der Waals surface area (Å²) >= 11 is 0. The van der Waals surface area contributed by atoms with Gasteiger partial charge in [0.2, 0.25) is 0 Å². The minimum Gasteiger partial charge on any atom is -0.486 e. The van der Waals surface area contributed by atoms with Gasteiger partial charge in [-0.25, -0.2) is 0 Å². The van der Waals surface area contributed by atoms with Gasteiger partial charge in [-0.3, -0.25) is 0 Å². The van der Waals surface area contributed by atoms with Gasteiger partial charge in [0.15, 0.2) is 0 Å². The van der Waals surface area contributed by atoms with E-state index in [1.807, 2.05) is 0 Å². The molecule has 2 heterocycles. The summed E-state index contributed by atoms with van der Waals surface area (Å²) in [5.74, 6) is 0.878. The number of aromatic nitrogens is 2. The van der Waals surface area contributed by atoms with Crippen LogP contribution in [0.5, 0.6) is 5.75 Å². The third-order valence-electron chi connectivity index (χ3n) is 7.84. The minimum atomic E-state index is 0.000860. The van der Waals surface area contributed by atoms with Crippen molar-refractivity contribution in [1.82, 2.24) is 9.13 Å². The third kappa shape index (κ3) is 3.51. The highest BCUT2D eigenvalue weighted by molar-refractivity contribution is 6.10. The molecule has 0 saturated carbocycles. The molecule has 7 aromatic rings. The van der Waals surface area contributed by atoms with Crippen LogP contribution in [-0.2, 0) is 0 Å². The molecule has 0 saturated heterocycles. The Labute approximate surface area is 226 Å². The Kier molecular flexibility index (Phi) is 4.95. The van der Waals surface area contributed by atoms with Gasteiger partial charge in [-0.1, -0.05) is 78.9 Å². The average molecular weight is 503 g/mol. The van der Waals surface area contributed by atoms with E-state index in [1.165, 1.54) is 49.3 Å². The van der Waals surface area contributed by atoms with Gasteiger partial charge in [0, 0.05) is 39.4 Å². The molecule has 0 fully saturated rings. The predicted octanol–water partition coefficient (Wildman–Crippen LogP) is 9.14. The molecule has 3 heteroatoms. The van der Waals surface area contributed by atoms with Gasteiger partial charge >= 0.3 is 0 Å². The summed E-state index contributed by atoms with van der Waals surface area (Å²) < 4.78 is 11.1. The molecule has 1 atom stereocenters. The molecule has 1 unspecified atom stereocenters. The zero-order valence-electron chi connectivity index (χ0n) is 21.4. The van der Waals surface area contributed by atoms with Gasteiger partial charge in [-0.05, 0) is 60.7 Å². The minimum absolute atomic E-state index is 0.000860. The van der Waals surface area contributed by atoms with Gasteiger partial charge in [0.1, 0.15) is 11.9 Å². The fraction of sp³-hybridized carbons (Fsp3) is 0.0556. The third-order valence-corrected chi connectivity index (χ3v) is 7.84. The number of nitrogens with zero attached hydrogens (tertiary/aromatic N) is 2. The van der Waals surface area contributed by atoms with E-state index in [0.29, 0.717) is 0 Å². The smallest absolute Gasteiger partial charge is 0.121 e. The van der Waals surface area contributed by atoms with Gasteiger partial charge in [0.05, 0.1) is 22.1 Å². The number of hydrogen-bond donors (Lipinski definition) is 0. The van der Waals surface area contributed by atoms with Crippen LogP contribution in [0, 0.1) is 0 Å². The zero-order valence-corrected chi connectivity index (χ0v) is 21.4. The second-order valence-corrected chi connectivity index (χ2v) is 10.1. The van der Waals surface area contributed by atoms with Gasteiger partial charge < -0.3 is 13.9 Å². The summed E-state index contributed by atoms with van der Waals surface area (Å²) in [6.07, 6.45) is 7.48. The topological polar surface area (TPSA) is 19.1 Å². The second-order valence-electron chi connectivity index (χ2n) is 10.1. The number of fused-ring (bicyclic) bond motifs is 6. The van der Waals surface area contributed by atoms with Crippen LogP contribution in [0.25, 0.3) is 55.0 Å². The number of allylic oxidation sites excluding steroid dienone is 2. The lowest BCUT2D eigenvalue weighted by molar-refractivity contribution is 0.252. The molecule has 0 bridgehead atoms. The molecule has 39 heavy (non-hydrogen) atoms. The van der Waals surface area contributed by atoms with E-state index < -0.39 is 0 Å². The maximum atomic E-state index is 6.39. The van der Waals surface area contributed by atoms with E-state index in [9.17, 15) is 0 Å². The lowest BCUT2D eigenvalue weighted by Gasteiger charge is -2.20. The molecule has 8 rings (SSSR count). The molecule has 2 aromatic heterocycles. The molecule has 0 N–H and O–H groups in total. The van der Waals surface area contributed by atoms with E-state index in [4.69, 9.17) is 4.74 Å². The fourth-order valence-corrected chi connectivity index (χ4v) is 6.09. The zero-order chi connectivity index (χ0) is 25.8. The summed E-state index contributed by atoms with van der Waals surface area (Å²) in [6.45, 7) is 0. The van der Waals surface area contributed by atoms with E-state index in [1.54, 1.807) is 0 Å². The highest BCUT2D eigenvalue weighted by Gasteiger charge is 2.17. The van der Waals surface area contributed by atoms with E-state index in [-0.39, 0.29) is 6.10 Å². The molecule has 5 aromatic carbocycles. The highest BCUT2D eigenvalue weighted by Crippen LogP contribution is 2.34. The lowest BCUT2D eigenvalue weighted by atomic mass is 10.1. The lowest BCUT2D eigenvalue weighted by Crippen LogP contribution is -2.15. The Morgan fingerprint density at radius 2 is 0.974 bits per heavy atom. The van der Waals surface area contributed by atoms with Crippen molar-refractivity contribution in [3.8, 4) is 11.4 Å². The number of benzene rings is 5. The molecule has 3 nitrogen and oxygen atoms in total. The molecule has 0 amide bonds. The van der Waals surface area contributed by atoms with Crippen LogP contribution in [0.1, 0.15) is 6.42 Å². The Morgan fingerprint density at radius 3 is 1.44 bits per heavy atom. The quantitative estimate of drug-likeness (QED) is 0.235. The number of hydrogen-bond acceptors (Lipinski definition) is 1. The molecule has 1 aliphatic carbocycles. The van der Waals surface area contributed by atoms with Crippen molar-refractivity contribution in [1.29, 1.82) is 0 Å². The normalized spacial score (nSPS) is 15.4. The maximum Gasteiger partial charge on any atom is 0.121 e. The van der Waals surface area contributed by atoms with Crippen molar-refractivity contribution in [3.63, 3.8) is 0 Å². The van der Waals surface area contributed by atoms with Crippen molar-refractivity contribution in [2.45, 2.75) is 12.5 Å². The van der Waals surface area contributed by atoms with Crippen LogP contribution >= 0.6 is 0 Å². The van der Waals surface area contributed by atoms with Crippen molar-refractivity contribution < 1.29 is 4.74 Å². The molecule has 186 valence electrons. The summed E-state index contributed by atoms with van der Waals surface area (Å²) in [4.78, 5) is 0. The van der Waals surface area contributed by atoms with E-state index in [0.717, 1.165) is 17.9 Å². The Hall–Kier alpha value is -5.02. The van der Waals surface area contributed by atoms with Crippen molar-refractivity contribution in [3.05, 3.63) is 140 Å². The Morgan fingerprint density at radius 1 is 0.513 bits per heavy atom. The van der Waals surface area contributed by atoms with Crippen LogP contribution in [0.4, 0.5) is 0 Å². The first-order valence-electron chi connectivity index (χ1n) is 13.5. The summed E-state index contributed by atoms with van der Waals surface area (Å²) in [7, 11) is 0. The first-order chi connectivity index (χ1) is 19.3. The predicted molar refractivity (Wildman–Crippen MR) is 163 cm³/mol. The van der Waals surface area contributed by atoms with Crippen molar-refractivity contribution >= 4 is 49.3 Å². The van der Waals surface area contributed by atoms with Crippen LogP contribution in [-0.4, -0.2) is 15.2 Å². The van der Waals surface area contributed by atoms with Gasteiger partial charge in [0.25, 0.3) is 0 Å². The van der Waals surface area contributed by atoms with Gasteiger partial charge in [-0.2, -0.15) is 0 Å². The molecule has 0 radical (unpaired) electrons. The monoisotopic (exact) mass is 502 g/mol. The fourth-order valence-electron chi connectivity index (χ4n) is 6.09. The van der Waals surface area contributed by atoms with Crippen LogP contribution in [0.3, 0.4) is 0 Å². The summed E-state index contributed by atoms with van der Waals surface area (Å²) in [5.41, 5.74) is 7.21. The number of rotatable bonds is 4. The van der Waals surface area contributed by atoms with Gasteiger partial charge in [-0.15, -0.1) is 0 Å². The molecule has 0 aliphatic heterocycles. The molecular formula is C36H26N2O. The van der Waals surface area contributed by atoms with Crippen molar-refractivity contribution in [2.75, 3.05) is 0 Å². The van der Waals surface area contributed by atoms with Crippen molar-refractivity contribution in [2.24, 2.45) is 0 Å². The highest BCUT2D eigenvalue weighted by atomic mass is 16.5. The number of ether oxygens (including phenoxy) is 1. The second kappa shape index (κ2) is 8.78. The summed E-state index contributed by atoms with van der Waals surface area (Å²) in [6, 6.07) is 42.9. The van der Waals surface area contributed by atoms with Crippen LogP contribution in [0.2, 0.25) is 0 Å². The average Bonchev–Trinajstić information content (AvgIpc) is 3.51. The molecular weight excluding hydrogens is 476 g/mol. The maximum absolute atomic E-state index is 6.39. The summed E-state index contributed by atoms with van der Waals surface area (Å²) in [5, 5.41) is 5.10. The molecule has 1 aliphatic rings. The van der Waals surface area contributed by atoms with Crippen LogP contribution in [0.15, 0.2) is 140 Å². The van der Waals surface area contributed by atoms with E-state index in [2.05, 4.69) is 149 Å². The Balaban J connectivity index is 1.07. The SMILES string of the molecule is C1=CC(Oc2ccc(-n3c4ccccc4c4ccccc43)cc2)CC=C1n1c2ccccc2c2ccccc21. The Bertz CT molecular complexity index is 1960. The van der Waals surface area contributed by atoms with Crippen LogP contribution < -0.4 is 4.74 Å². The molecule has 0 spiro atoms. The first kappa shape index (κ1) is 22.0. The number of para-hydroxylation sites is 4.